The van der Waals surface area contributed by atoms with Crippen molar-refractivity contribution >= 4 is 17.5 Å². The molecule has 0 radical (unpaired) electrons. The van der Waals surface area contributed by atoms with E-state index in [1.165, 1.54) is 17.0 Å². The van der Waals surface area contributed by atoms with Gasteiger partial charge in [0.15, 0.2) is 0 Å². The van der Waals surface area contributed by atoms with Crippen LogP contribution >= 0.6 is 11.6 Å². The minimum Gasteiger partial charge on any atom is -0.395 e. The van der Waals surface area contributed by atoms with Crippen molar-refractivity contribution in [3.05, 3.63) is 34.3 Å². The van der Waals surface area contributed by atoms with Crippen molar-refractivity contribution in [1.82, 2.24) is 4.90 Å². The summed E-state index contributed by atoms with van der Waals surface area (Å²) >= 11 is 5.86. The summed E-state index contributed by atoms with van der Waals surface area (Å²) in [7, 11) is 0. The number of nitrogens with zero attached hydrogens (tertiary/aromatic N) is 2. The van der Waals surface area contributed by atoms with Crippen LogP contribution in [0, 0.1) is 11.3 Å². The summed E-state index contributed by atoms with van der Waals surface area (Å²) in [6.07, 6.45) is 0. The Bertz CT molecular complexity index is 454. The highest BCUT2D eigenvalue weighted by Crippen LogP contribution is 2.18. The van der Waals surface area contributed by atoms with Gasteiger partial charge in [0.05, 0.1) is 17.2 Å². The lowest BCUT2D eigenvalue weighted by atomic mass is 10.1. The van der Waals surface area contributed by atoms with Crippen LogP contribution in [0.5, 0.6) is 0 Å². The zero-order valence-corrected chi connectivity index (χ0v) is 10.2. The van der Waals surface area contributed by atoms with Crippen LogP contribution in [-0.2, 0) is 0 Å². The van der Waals surface area contributed by atoms with Crippen LogP contribution in [0.4, 0.5) is 0 Å². The van der Waals surface area contributed by atoms with Crippen LogP contribution in [-0.4, -0.2) is 35.6 Å². The summed E-state index contributed by atoms with van der Waals surface area (Å²) in [5.41, 5.74) is 0.762. The maximum atomic E-state index is 12.0. The molecule has 0 aliphatic rings. The van der Waals surface area contributed by atoms with Gasteiger partial charge in [-0.1, -0.05) is 11.6 Å². The molecule has 0 spiro atoms. The number of nitriles is 1. The highest BCUT2D eigenvalue weighted by molar-refractivity contribution is 6.32. The number of aliphatic hydroxyl groups is 1. The highest BCUT2D eigenvalue weighted by Gasteiger charge is 2.14. The molecule has 0 unspecified atom stereocenters. The quantitative estimate of drug-likeness (QED) is 0.887. The number of aliphatic hydroxyl groups excluding tert-OH is 1. The monoisotopic (exact) mass is 252 g/mol. The largest absolute Gasteiger partial charge is 0.395 e. The standard InChI is InChI=1S/C12H13ClN2O2/c1-2-15(5-6-16)12(17)9-3-4-10(8-14)11(13)7-9/h3-4,7,16H,2,5-6H2,1H3. The highest BCUT2D eigenvalue weighted by atomic mass is 35.5. The molecule has 0 heterocycles. The van der Waals surface area contributed by atoms with Gasteiger partial charge in [-0.05, 0) is 25.1 Å². The molecule has 1 N–H and O–H groups in total. The van der Waals surface area contributed by atoms with Crippen molar-refractivity contribution < 1.29 is 9.90 Å². The van der Waals surface area contributed by atoms with Crippen molar-refractivity contribution in [2.75, 3.05) is 19.7 Å². The van der Waals surface area contributed by atoms with E-state index in [0.29, 0.717) is 17.7 Å². The van der Waals surface area contributed by atoms with Gasteiger partial charge in [0.1, 0.15) is 6.07 Å². The van der Waals surface area contributed by atoms with E-state index in [-0.39, 0.29) is 24.1 Å². The van der Waals surface area contributed by atoms with Gasteiger partial charge in [0.2, 0.25) is 0 Å². The first-order chi connectivity index (χ1) is 8.13. The van der Waals surface area contributed by atoms with Crippen molar-refractivity contribution in [2.45, 2.75) is 6.92 Å². The zero-order chi connectivity index (χ0) is 12.8. The Hall–Kier alpha value is -1.57. The molecule has 4 nitrogen and oxygen atoms in total. The fraction of sp³-hybridized carbons (Fsp3) is 0.333. The number of hydrogen-bond acceptors (Lipinski definition) is 3. The normalized spacial score (nSPS) is 9.76. The van der Waals surface area contributed by atoms with E-state index in [9.17, 15) is 4.79 Å². The average Bonchev–Trinajstić information content (AvgIpc) is 2.35. The van der Waals surface area contributed by atoms with Crippen molar-refractivity contribution in [3.8, 4) is 6.07 Å². The summed E-state index contributed by atoms with van der Waals surface area (Å²) < 4.78 is 0. The van der Waals surface area contributed by atoms with E-state index in [4.69, 9.17) is 22.0 Å². The second-order valence-corrected chi connectivity index (χ2v) is 3.82. The van der Waals surface area contributed by atoms with Crippen LogP contribution in [0.25, 0.3) is 0 Å². The van der Waals surface area contributed by atoms with Gasteiger partial charge in [-0.25, -0.2) is 0 Å². The zero-order valence-electron chi connectivity index (χ0n) is 9.48. The number of rotatable bonds is 4. The van der Waals surface area contributed by atoms with Gasteiger partial charge < -0.3 is 10.0 Å². The molecule has 90 valence electrons. The molecular formula is C12H13ClN2O2. The van der Waals surface area contributed by atoms with Gasteiger partial charge in [-0.2, -0.15) is 5.26 Å². The first-order valence-corrected chi connectivity index (χ1v) is 5.61. The minimum absolute atomic E-state index is 0.0798. The Labute approximate surface area is 105 Å². The number of carbonyl (C=O) groups is 1. The summed E-state index contributed by atoms with van der Waals surface area (Å²) in [5.74, 6) is -0.201. The van der Waals surface area contributed by atoms with Gasteiger partial charge in [0, 0.05) is 18.7 Å². The Morgan fingerprint density at radius 2 is 2.29 bits per heavy atom. The van der Waals surface area contributed by atoms with Crippen molar-refractivity contribution in [2.24, 2.45) is 0 Å². The van der Waals surface area contributed by atoms with E-state index in [1.54, 1.807) is 6.07 Å². The van der Waals surface area contributed by atoms with Crippen LogP contribution in [0.15, 0.2) is 18.2 Å². The van der Waals surface area contributed by atoms with E-state index >= 15 is 0 Å². The maximum absolute atomic E-state index is 12.0. The molecule has 0 saturated heterocycles. The molecule has 0 saturated carbocycles. The molecule has 1 aromatic rings. The van der Waals surface area contributed by atoms with Gasteiger partial charge in [-0.15, -0.1) is 0 Å². The molecule has 0 aromatic heterocycles. The third kappa shape index (κ3) is 3.19. The van der Waals surface area contributed by atoms with Crippen LogP contribution < -0.4 is 0 Å². The Kier molecular flexibility index (Phi) is 4.95. The molecule has 0 bridgehead atoms. The molecule has 17 heavy (non-hydrogen) atoms. The molecule has 1 amide bonds. The van der Waals surface area contributed by atoms with E-state index in [2.05, 4.69) is 0 Å². The lowest BCUT2D eigenvalue weighted by Crippen LogP contribution is -2.33. The number of halogens is 1. The second kappa shape index (κ2) is 6.24. The van der Waals surface area contributed by atoms with Crippen LogP contribution in [0.2, 0.25) is 5.02 Å². The van der Waals surface area contributed by atoms with E-state index < -0.39 is 0 Å². The number of benzene rings is 1. The molecule has 1 aromatic carbocycles. The summed E-state index contributed by atoms with van der Waals surface area (Å²) in [4.78, 5) is 13.5. The fourth-order valence-corrected chi connectivity index (χ4v) is 1.67. The minimum atomic E-state index is -0.201. The van der Waals surface area contributed by atoms with E-state index in [0.717, 1.165) is 0 Å². The topological polar surface area (TPSA) is 64.3 Å². The fourth-order valence-electron chi connectivity index (χ4n) is 1.45. The Morgan fingerprint density at radius 1 is 1.59 bits per heavy atom. The van der Waals surface area contributed by atoms with Gasteiger partial charge in [-0.3, -0.25) is 4.79 Å². The van der Waals surface area contributed by atoms with Crippen LogP contribution in [0.1, 0.15) is 22.8 Å². The first-order valence-electron chi connectivity index (χ1n) is 5.23. The average molecular weight is 253 g/mol. The lowest BCUT2D eigenvalue weighted by molar-refractivity contribution is 0.0732. The third-order valence-corrected chi connectivity index (χ3v) is 2.69. The second-order valence-electron chi connectivity index (χ2n) is 3.41. The smallest absolute Gasteiger partial charge is 0.253 e. The summed E-state index contributed by atoms with van der Waals surface area (Å²) in [6, 6.07) is 6.49. The third-order valence-electron chi connectivity index (χ3n) is 2.38. The molecule has 0 aliphatic carbocycles. The van der Waals surface area contributed by atoms with Gasteiger partial charge >= 0.3 is 0 Å². The van der Waals surface area contributed by atoms with Crippen LogP contribution in [0.3, 0.4) is 0 Å². The molecular weight excluding hydrogens is 240 g/mol. The summed E-state index contributed by atoms with van der Waals surface area (Å²) in [6.45, 7) is 2.55. The van der Waals surface area contributed by atoms with Gasteiger partial charge in [0.25, 0.3) is 5.91 Å². The lowest BCUT2D eigenvalue weighted by Gasteiger charge is -2.19. The van der Waals surface area contributed by atoms with Crippen molar-refractivity contribution in [3.63, 3.8) is 0 Å². The molecule has 5 heteroatoms. The first kappa shape index (κ1) is 13.5. The Morgan fingerprint density at radius 3 is 2.76 bits per heavy atom. The SMILES string of the molecule is CCN(CCO)C(=O)c1ccc(C#N)c(Cl)c1. The molecule has 1 rings (SSSR count). The number of amides is 1. The predicted molar refractivity (Wildman–Crippen MR) is 64.8 cm³/mol. The number of hydrogen-bond donors (Lipinski definition) is 1. The maximum Gasteiger partial charge on any atom is 0.253 e. The predicted octanol–water partition coefficient (Wildman–Crippen LogP) is 1.67. The Balaban J connectivity index is 2.97. The number of likely N-dealkylation sites (N-methyl/N-ethyl adjacent to an activating group) is 1. The molecule has 0 atom stereocenters. The molecule has 0 aliphatic heterocycles. The molecule has 0 fully saturated rings. The van der Waals surface area contributed by atoms with Crippen molar-refractivity contribution in [1.29, 1.82) is 5.26 Å². The number of carbonyl (C=O) groups excluding carboxylic acids is 1. The summed E-state index contributed by atoms with van der Waals surface area (Å²) in [5, 5.41) is 17.8. The van der Waals surface area contributed by atoms with E-state index in [1.807, 2.05) is 13.0 Å².